The maximum atomic E-state index is 14.7. The molecule has 9 nitrogen and oxygen atoms in total. The number of aliphatic hydroxyl groups excluding tert-OH is 1. The van der Waals surface area contributed by atoms with Crippen LogP contribution in [0, 0.1) is 5.82 Å². The number of ether oxygens (including phenoxy) is 3. The topological polar surface area (TPSA) is 101 Å². The second-order valence-corrected chi connectivity index (χ2v) is 9.53. The number of hydrogen-bond donors (Lipinski definition) is 2. The minimum atomic E-state index is -1.26. The first kappa shape index (κ1) is 25.4. The molecular weight excluding hydrogens is 481 g/mol. The number of anilines is 1. The van der Waals surface area contributed by atoms with Crippen molar-refractivity contribution in [1.29, 1.82) is 0 Å². The number of amides is 1. The predicted molar refractivity (Wildman–Crippen MR) is 134 cm³/mol. The Hall–Kier alpha value is -3.21. The largest absolute Gasteiger partial charge is 0.486 e. The van der Waals surface area contributed by atoms with Gasteiger partial charge in [0.05, 0.1) is 19.3 Å². The van der Waals surface area contributed by atoms with Gasteiger partial charge in [0.1, 0.15) is 19.3 Å². The highest BCUT2D eigenvalue weighted by molar-refractivity contribution is 6.42. The smallest absolute Gasteiger partial charge is 0.292 e. The van der Waals surface area contributed by atoms with E-state index >= 15 is 0 Å². The molecule has 0 aromatic heterocycles. The van der Waals surface area contributed by atoms with Gasteiger partial charge in [-0.05, 0) is 67.9 Å². The average Bonchev–Trinajstić information content (AvgIpc) is 3.45. The molecule has 0 radical (unpaired) electrons. The van der Waals surface area contributed by atoms with Crippen LogP contribution in [0.25, 0.3) is 0 Å². The van der Waals surface area contributed by atoms with Crippen molar-refractivity contribution in [2.24, 2.45) is 0 Å². The fourth-order valence-corrected chi connectivity index (χ4v) is 5.01. The zero-order valence-electron chi connectivity index (χ0n) is 20.7. The number of hydrogen-bond acceptors (Lipinski definition) is 8. The Balaban J connectivity index is 1.31. The molecule has 0 aliphatic carbocycles. The summed E-state index contributed by atoms with van der Waals surface area (Å²) in [6, 6.07) is 8.79. The van der Waals surface area contributed by atoms with Crippen molar-refractivity contribution in [2.45, 2.75) is 25.0 Å². The summed E-state index contributed by atoms with van der Waals surface area (Å²) in [6.07, 6.45) is 0.777. The number of benzene rings is 2. The lowest BCUT2D eigenvalue weighted by Gasteiger charge is -2.29. The molecule has 3 heterocycles. The number of carbonyl (C=O) groups is 2. The van der Waals surface area contributed by atoms with Gasteiger partial charge in [-0.15, -0.1) is 0 Å². The standard InChI is InChI=1S/C27H32FN3O6/c28-21-15-19(16-23-26(21)37-14-13-36-23)24(32)22(17-30-7-1-2-8-30)29-27(34)25(33)18-3-5-20(6-4-18)31-9-11-35-12-10-31/h3-6,15-16,22,24,32H,1-2,7-14,17H2,(H,29,34)/t22-,24+/m1/s1. The van der Waals surface area contributed by atoms with E-state index in [2.05, 4.69) is 15.1 Å². The predicted octanol–water partition coefficient (Wildman–Crippen LogP) is 1.93. The molecule has 3 aliphatic heterocycles. The lowest BCUT2D eigenvalue weighted by atomic mass is 10.00. The molecule has 2 N–H and O–H groups in total. The van der Waals surface area contributed by atoms with E-state index in [9.17, 15) is 19.1 Å². The fraction of sp³-hybridized carbons (Fsp3) is 0.481. The van der Waals surface area contributed by atoms with Crippen LogP contribution in [0.3, 0.4) is 0 Å². The normalized spacial score (nSPS) is 19.4. The maximum Gasteiger partial charge on any atom is 0.292 e. The first-order chi connectivity index (χ1) is 18.0. The van der Waals surface area contributed by atoms with Gasteiger partial charge in [-0.2, -0.15) is 0 Å². The zero-order chi connectivity index (χ0) is 25.8. The Morgan fingerprint density at radius 1 is 0.973 bits per heavy atom. The van der Waals surface area contributed by atoms with E-state index in [1.54, 1.807) is 12.1 Å². The molecule has 1 amide bonds. The molecule has 2 aromatic rings. The molecule has 3 aliphatic rings. The quantitative estimate of drug-likeness (QED) is 0.408. The summed E-state index contributed by atoms with van der Waals surface area (Å²) in [7, 11) is 0. The SMILES string of the molecule is O=C(N[C@H](CN1CCCC1)[C@@H](O)c1cc(F)c2c(c1)OCCO2)C(=O)c1ccc(N2CCOCC2)cc1. The minimum absolute atomic E-state index is 0.0121. The third-order valence-corrected chi connectivity index (χ3v) is 7.02. The van der Waals surface area contributed by atoms with Crippen LogP contribution in [-0.4, -0.2) is 86.9 Å². The average molecular weight is 514 g/mol. The molecule has 0 saturated carbocycles. The molecule has 198 valence electrons. The van der Waals surface area contributed by atoms with E-state index in [0.29, 0.717) is 19.8 Å². The molecule has 37 heavy (non-hydrogen) atoms. The number of rotatable bonds is 8. The number of carbonyl (C=O) groups excluding carboxylic acids is 2. The van der Waals surface area contributed by atoms with E-state index in [1.165, 1.54) is 12.1 Å². The maximum absolute atomic E-state index is 14.7. The van der Waals surface area contributed by atoms with Crippen LogP contribution >= 0.6 is 0 Å². The summed E-state index contributed by atoms with van der Waals surface area (Å²) in [6.45, 7) is 5.33. The van der Waals surface area contributed by atoms with Crippen molar-refractivity contribution in [3.8, 4) is 11.5 Å². The summed E-state index contributed by atoms with van der Waals surface area (Å²) in [5.74, 6) is -1.93. The third-order valence-electron chi connectivity index (χ3n) is 7.02. The second-order valence-electron chi connectivity index (χ2n) is 9.53. The molecule has 2 aromatic carbocycles. The van der Waals surface area contributed by atoms with Gasteiger partial charge in [-0.1, -0.05) is 0 Å². The molecule has 10 heteroatoms. The number of nitrogens with zero attached hydrogens (tertiary/aromatic N) is 2. The van der Waals surface area contributed by atoms with E-state index in [0.717, 1.165) is 44.7 Å². The fourth-order valence-electron chi connectivity index (χ4n) is 5.01. The Labute approximate surface area is 215 Å². The third kappa shape index (κ3) is 5.87. The first-order valence-electron chi connectivity index (χ1n) is 12.8. The summed E-state index contributed by atoms with van der Waals surface area (Å²) in [5.41, 5.74) is 1.46. The summed E-state index contributed by atoms with van der Waals surface area (Å²) >= 11 is 0. The van der Waals surface area contributed by atoms with Crippen LogP contribution < -0.4 is 19.7 Å². The minimum Gasteiger partial charge on any atom is -0.486 e. The van der Waals surface area contributed by atoms with Gasteiger partial charge >= 0.3 is 0 Å². The van der Waals surface area contributed by atoms with Crippen LogP contribution in [0.5, 0.6) is 11.5 Å². The van der Waals surface area contributed by atoms with E-state index in [-0.39, 0.29) is 35.8 Å². The first-order valence-corrected chi connectivity index (χ1v) is 12.8. The summed E-state index contributed by atoms with van der Waals surface area (Å²) < 4.78 is 30.9. The van der Waals surface area contributed by atoms with Gasteiger partial charge in [-0.3, -0.25) is 9.59 Å². The molecule has 2 atom stereocenters. The van der Waals surface area contributed by atoms with Gasteiger partial charge in [0.15, 0.2) is 17.3 Å². The second kappa shape index (κ2) is 11.5. The Kier molecular flexibility index (Phi) is 7.87. The molecule has 2 saturated heterocycles. The molecule has 0 unspecified atom stereocenters. The van der Waals surface area contributed by atoms with Crippen molar-refractivity contribution in [3.05, 3.63) is 53.3 Å². The van der Waals surface area contributed by atoms with Crippen molar-refractivity contribution in [2.75, 3.05) is 64.1 Å². The molecule has 0 spiro atoms. The van der Waals surface area contributed by atoms with Gasteiger partial charge in [0.25, 0.3) is 5.91 Å². The highest BCUT2D eigenvalue weighted by Crippen LogP contribution is 2.36. The van der Waals surface area contributed by atoms with Crippen LogP contribution in [0.15, 0.2) is 36.4 Å². The number of aliphatic hydroxyl groups is 1. The Bertz CT molecular complexity index is 1120. The van der Waals surface area contributed by atoms with Crippen LogP contribution in [-0.2, 0) is 9.53 Å². The van der Waals surface area contributed by atoms with E-state index < -0.39 is 29.7 Å². The number of Topliss-reactive ketones (excluding diaryl/α,β-unsaturated/α-hetero) is 1. The van der Waals surface area contributed by atoms with Crippen LogP contribution in [0.1, 0.15) is 34.9 Å². The number of nitrogens with one attached hydrogen (secondary N) is 1. The van der Waals surface area contributed by atoms with Gasteiger partial charge in [0, 0.05) is 30.9 Å². The van der Waals surface area contributed by atoms with Gasteiger partial charge in [0.2, 0.25) is 5.78 Å². The van der Waals surface area contributed by atoms with Crippen LogP contribution in [0.2, 0.25) is 0 Å². The monoisotopic (exact) mass is 513 g/mol. The lowest BCUT2D eigenvalue weighted by Crippen LogP contribution is -2.48. The number of ketones is 1. The number of morpholine rings is 1. The van der Waals surface area contributed by atoms with E-state index in [4.69, 9.17) is 14.2 Å². The summed E-state index contributed by atoms with van der Waals surface area (Å²) in [4.78, 5) is 30.3. The van der Waals surface area contributed by atoms with Crippen molar-refractivity contribution < 1.29 is 33.3 Å². The van der Waals surface area contributed by atoms with Crippen molar-refractivity contribution >= 4 is 17.4 Å². The van der Waals surface area contributed by atoms with Gasteiger partial charge in [-0.25, -0.2) is 4.39 Å². The van der Waals surface area contributed by atoms with Crippen LogP contribution in [0.4, 0.5) is 10.1 Å². The lowest BCUT2D eigenvalue weighted by molar-refractivity contribution is -0.118. The number of likely N-dealkylation sites (tertiary alicyclic amines) is 1. The van der Waals surface area contributed by atoms with Gasteiger partial charge < -0.3 is 34.4 Å². The van der Waals surface area contributed by atoms with E-state index in [1.807, 2.05) is 12.1 Å². The van der Waals surface area contributed by atoms with Crippen molar-refractivity contribution in [1.82, 2.24) is 10.2 Å². The summed E-state index contributed by atoms with van der Waals surface area (Å²) in [5, 5.41) is 13.9. The highest BCUT2D eigenvalue weighted by atomic mass is 19.1. The molecule has 5 rings (SSSR count). The Morgan fingerprint density at radius 2 is 1.68 bits per heavy atom. The molecular formula is C27H32FN3O6. The zero-order valence-corrected chi connectivity index (χ0v) is 20.7. The Morgan fingerprint density at radius 3 is 2.41 bits per heavy atom. The highest BCUT2D eigenvalue weighted by Gasteiger charge is 2.31. The number of halogens is 1. The molecule has 2 fully saturated rings. The number of fused-ring (bicyclic) bond motifs is 1. The molecule has 0 bridgehead atoms. The van der Waals surface area contributed by atoms with Crippen molar-refractivity contribution in [3.63, 3.8) is 0 Å².